The lowest BCUT2D eigenvalue weighted by Crippen LogP contribution is -2.30. The van der Waals surface area contributed by atoms with Gasteiger partial charge in [-0.15, -0.1) is 0 Å². The van der Waals surface area contributed by atoms with Crippen molar-refractivity contribution in [2.75, 3.05) is 0 Å². The summed E-state index contributed by atoms with van der Waals surface area (Å²) in [5, 5.41) is 12.9. The minimum atomic E-state index is -0.544. The van der Waals surface area contributed by atoms with Gasteiger partial charge in [-0.25, -0.2) is 0 Å². The highest BCUT2D eigenvalue weighted by atomic mass is 16.6. The molecule has 1 fully saturated rings. The minimum absolute atomic E-state index is 0.159. The van der Waals surface area contributed by atoms with Crippen LogP contribution in [0.3, 0.4) is 0 Å². The van der Waals surface area contributed by atoms with Gasteiger partial charge in [-0.3, -0.25) is 10.1 Å². The number of nitrogens with one attached hydrogen (secondary N) is 1. The summed E-state index contributed by atoms with van der Waals surface area (Å²) < 4.78 is 0. The lowest BCUT2D eigenvalue weighted by atomic mass is 10.2. The summed E-state index contributed by atoms with van der Waals surface area (Å²) in [6, 6.07) is 0.334. The zero-order valence-corrected chi connectivity index (χ0v) is 6.82. The van der Waals surface area contributed by atoms with Crippen LogP contribution in [0.4, 0.5) is 0 Å². The van der Waals surface area contributed by atoms with Crippen molar-refractivity contribution in [1.82, 2.24) is 5.32 Å². The Morgan fingerprint density at radius 1 is 1.58 bits per heavy atom. The molecule has 0 amide bonds. The van der Waals surface area contributed by atoms with Crippen LogP contribution in [0, 0.1) is 10.1 Å². The fraction of sp³-hybridized carbons (Fsp3) is 0.714. The van der Waals surface area contributed by atoms with Crippen LogP contribution in [0.1, 0.15) is 25.7 Å². The monoisotopic (exact) mass is 171 g/mol. The quantitative estimate of drug-likeness (QED) is 0.480. The summed E-state index contributed by atoms with van der Waals surface area (Å²) in [4.78, 5) is 9.45. The van der Waals surface area contributed by atoms with Crippen molar-refractivity contribution < 1.29 is 4.92 Å². The van der Waals surface area contributed by atoms with Crippen LogP contribution < -0.4 is 11.1 Å². The average molecular weight is 171 g/mol. The largest absolute Gasteiger partial charge is 0.380 e. The molecule has 0 atom stereocenters. The first-order valence-corrected chi connectivity index (χ1v) is 4.06. The molecule has 1 aliphatic carbocycles. The second kappa shape index (κ2) is 3.94. The van der Waals surface area contributed by atoms with Gasteiger partial charge >= 0.3 is 0 Å². The van der Waals surface area contributed by atoms with Crippen LogP contribution in [0.5, 0.6) is 0 Å². The molecule has 0 aromatic carbocycles. The maximum Gasteiger partial charge on any atom is 0.273 e. The summed E-state index contributed by atoms with van der Waals surface area (Å²) in [5.74, 6) is 0.159. The molecule has 3 N–H and O–H groups in total. The van der Waals surface area contributed by atoms with Crippen molar-refractivity contribution in [3.8, 4) is 0 Å². The van der Waals surface area contributed by atoms with Gasteiger partial charge in [0.05, 0.1) is 4.92 Å². The fourth-order valence-corrected chi connectivity index (χ4v) is 1.46. The molecule has 1 rings (SSSR count). The average Bonchev–Trinajstić information content (AvgIpc) is 2.37. The lowest BCUT2D eigenvalue weighted by molar-refractivity contribution is -0.403. The number of hydrogen-bond acceptors (Lipinski definition) is 4. The molecule has 0 aromatic heterocycles. The van der Waals surface area contributed by atoms with Crippen LogP contribution in [-0.2, 0) is 0 Å². The third-order valence-electron chi connectivity index (χ3n) is 1.97. The molecule has 1 aliphatic rings. The second-order valence-corrected chi connectivity index (χ2v) is 3.00. The summed E-state index contributed by atoms with van der Waals surface area (Å²) >= 11 is 0. The smallest absolute Gasteiger partial charge is 0.273 e. The van der Waals surface area contributed by atoms with Crippen molar-refractivity contribution in [3.05, 3.63) is 22.1 Å². The molecular formula is C7H13N3O2. The minimum Gasteiger partial charge on any atom is -0.380 e. The third-order valence-corrected chi connectivity index (χ3v) is 1.97. The zero-order valence-electron chi connectivity index (χ0n) is 6.82. The Morgan fingerprint density at radius 3 is 2.67 bits per heavy atom. The highest BCUT2D eigenvalue weighted by molar-refractivity contribution is 4.92. The fourth-order valence-electron chi connectivity index (χ4n) is 1.46. The van der Waals surface area contributed by atoms with Gasteiger partial charge in [-0.2, -0.15) is 0 Å². The van der Waals surface area contributed by atoms with E-state index in [1.807, 2.05) is 0 Å². The number of nitrogens with zero attached hydrogens (tertiary/aromatic N) is 1. The maximum atomic E-state index is 9.99. The first-order chi connectivity index (χ1) is 5.68. The number of hydrogen-bond donors (Lipinski definition) is 2. The summed E-state index contributed by atoms with van der Waals surface area (Å²) in [6.07, 6.45) is 5.30. The molecule has 5 nitrogen and oxygen atoms in total. The van der Waals surface area contributed by atoms with E-state index < -0.39 is 4.92 Å². The Labute approximate surface area is 70.8 Å². The number of nitro groups is 1. The summed E-state index contributed by atoms with van der Waals surface area (Å²) in [7, 11) is 0. The van der Waals surface area contributed by atoms with Crippen molar-refractivity contribution >= 4 is 0 Å². The van der Waals surface area contributed by atoms with Gasteiger partial charge < -0.3 is 11.1 Å². The number of rotatable bonds is 3. The first-order valence-electron chi connectivity index (χ1n) is 4.06. The van der Waals surface area contributed by atoms with Gasteiger partial charge in [0.25, 0.3) is 6.20 Å². The molecule has 0 aliphatic heterocycles. The standard InChI is InChI=1S/C7H13N3O2/c8-7(5-10(11)12)9-6-3-1-2-4-6/h5-6,9H,1-4,8H2/b7-5+. The molecule has 0 spiro atoms. The summed E-state index contributed by atoms with van der Waals surface area (Å²) in [5.41, 5.74) is 5.36. The topological polar surface area (TPSA) is 81.2 Å². The molecule has 68 valence electrons. The van der Waals surface area contributed by atoms with Crippen LogP contribution >= 0.6 is 0 Å². The van der Waals surface area contributed by atoms with E-state index in [2.05, 4.69) is 5.32 Å². The molecular weight excluding hydrogens is 158 g/mol. The Kier molecular flexibility index (Phi) is 2.90. The highest BCUT2D eigenvalue weighted by Crippen LogP contribution is 2.17. The molecule has 12 heavy (non-hydrogen) atoms. The van der Waals surface area contributed by atoms with Gasteiger partial charge in [0.1, 0.15) is 0 Å². The molecule has 5 heteroatoms. The van der Waals surface area contributed by atoms with Crippen molar-refractivity contribution in [2.24, 2.45) is 5.73 Å². The number of nitrogens with two attached hydrogens (primary N) is 1. The van der Waals surface area contributed by atoms with Gasteiger partial charge in [0.2, 0.25) is 0 Å². The van der Waals surface area contributed by atoms with E-state index in [0.29, 0.717) is 6.04 Å². The van der Waals surface area contributed by atoms with E-state index in [-0.39, 0.29) is 5.82 Å². The second-order valence-electron chi connectivity index (χ2n) is 3.00. The van der Waals surface area contributed by atoms with E-state index in [1.54, 1.807) is 0 Å². The Balaban J connectivity index is 2.34. The van der Waals surface area contributed by atoms with Gasteiger partial charge in [-0.1, -0.05) is 12.8 Å². The van der Waals surface area contributed by atoms with Crippen LogP contribution in [0.2, 0.25) is 0 Å². The van der Waals surface area contributed by atoms with E-state index in [4.69, 9.17) is 5.73 Å². The maximum absolute atomic E-state index is 9.99. The van der Waals surface area contributed by atoms with Crippen molar-refractivity contribution in [3.63, 3.8) is 0 Å². The van der Waals surface area contributed by atoms with E-state index >= 15 is 0 Å². The summed E-state index contributed by atoms with van der Waals surface area (Å²) in [6.45, 7) is 0. The lowest BCUT2D eigenvalue weighted by Gasteiger charge is -2.10. The SMILES string of the molecule is N/C(=C\[N+](=O)[O-])NC1CCCC1. The molecule has 0 bridgehead atoms. The van der Waals surface area contributed by atoms with Crippen molar-refractivity contribution in [2.45, 2.75) is 31.7 Å². The van der Waals surface area contributed by atoms with Gasteiger partial charge in [0, 0.05) is 6.04 Å². The third kappa shape index (κ3) is 2.77. The Hall–Kier alpha value is -1.26. The van der Waals surface area contributed by atoms with Gasteiger partial charge in [-0.05, 0) is 12.8 Å². The zero-order chi connectivity index (χ0) is 8.97. The molecule has 0 radical (unpaired) electrons. The van der Waals surface area contributed by atoms with Crippen LogP contribution in [-0.4, -0.2) is 11.0 Å². The Bertz CT molecular complexity index is 197. The molecule has 0 heterocycles. The van der Waals surface area contributed by atoms with Gasteiger partial charge in [0.15, 0.2) is 5.82 Å². The molecule has 0 saturated heterocycles. The normalized spacial score (nSPS) is 19.5. The van der Waals surface area contributed by atoms with Crippen LogP contribution in [0.25, 0.3) is 0 Å². The first kappa shape index (κ1) is 8.83. The molecule has 1 saturated carbocycles. The molecule has 0 unspecified atom stereocenters. The predicted molar refractivity (Wildman–Crippen MR) is 44.7 cm³/mol. The van der Waals surface area contributed by atoms with Crippen molar-refractivity contribution in [1.29, 1.82) is 0 Å². The predicted octanol–water partition coefficient (Wildman–Crippen LogP) is 0.553. The van der Waals surface area contributed by atoms with Crippen LogP contribution in [0.15, 0.2) is 12.0 Å². The Morgan fingerprint density at radius 2 is 2.17 bits per heavy atom. The highest BCUT2D eigenvalue weighted by Gasteiger charge is 2.15. The molecule has 0 aromatic rings. The van der Waals surface area contributed by atoms with E-state index in [1.165, 1.54) is 12.8 Å². The van der Waals surface area contributed by atoms with E-state index in [9.17, 15) is 10.1 Å². The van der Waals surface area contributed by atoms with E-state index in [0.717, 1.165) is 19.0 Å².